The summed E-state index contributed by atoms with van der Waals surface area (Å²) in [5.41, 5.74) is 1.27. The van der Waals surface area contributed by atoms with Crippen LogP contribution in [0.5, 0.6) is 11.5 Å². The van der Waals surface area contributed by atoms with Gasteiger partial charge in [-0.15, -0.1) is 0 Å². The maximum Gasteiger partial charge on any atom is 0.273 e. The summed E-state index contributed by atoms with van der Waals surface area (Å²) in [5.74, 6) is 0.945. The Morgan fingerprint density at radius 1 is 1.21 bits per heavy atom. The lowest BCUT2D eigenvalue weighted by atomic mass is 10.2. The van der Waals surface area contributed by atoms with Crippen LogP contribution in [-0.4, -0.2) is 36.1 Å². The Labute approximate surface area is 140 Å². The first-order chi connectivity index (χ1) is 11.7. The number of methoxy groups -OCH3 is 1. The molecule has 1 heterocycles. The summed E-state index contributed by atoms with van der Waals surface area (Å²) in [6.07, 6.45) is 0.892. The fraction of sp³-hybridized carbons (Fsp3) is 0.333. The van der Waals surface area contributed by atoms with E-state index in [9.17, 15) is 10.1 Å². The standard InChI is InChI=1S/C18H20N2O4/c1-23-17-8-7-15(20(21)22)11-18(17)24-16-9-10-19(13-16)12-14-5-3-2-4-6-14/h2-8,11,16H,9-10,12-13H2,1H3. The van der Waals surface area contributed by atoms with E-state index in [4.69, 9.17) is 9.47 Å². The summed E-state index contributed by atoms with van der Waals surface area (Å²) in [6.45, 7) is 2.62. The number of hydrogen-bond acceptors (Lipinski definition) is 5. The van der Waals surface area contributed by atoms with E-state index in [1.807, 2.05) is 18.2 Å². The van der Waals surface area contributed by atoms with E-state index in [2.05, 4.69) is 17.0 Å². The molecule has 1 aliphatic heterocycles. The summed E-state index contributed by atoms with van der Waals surface area (Å²) in [5, 5.41) is 10.9. The molecular weight excluding hydrogens is 308 g/mol. The van der Waals surface area contributed by atoms with Crippen LogP contribution in [0, 0.1) is 10.1 Å². The molecule has 3 rings (SSSR count). The molecule has 6 nitrogen and oxygen atoms in total. The van der Waals surface area contributed by atoms with E-state index in [0.29, 0.717) is 11.5 Å². The first kappa shape index (κ1) is 16.3. The Bertz CT molecular complexity index is 705. The Morgan fingerprint density at radius 3 is 2.71 bits per heavy atom. The van der Waals surface area contributed by atoms with E-state index in [0.717, 1.165) is 26.1 Å². The van der Waals surface area contributed by atoms with Gasteiger partial charge in [0.25, 0.3) is 5.69 Å². The summed E-state index contributed by atoms with van der Waals surface area (Å²) >= 11 is 0. The van der Waals surface area contributed by atoms with E-state index in [1.165, 1.54) is 24.8 Å². The van der Waals surface area contributed by atoms with Crippen LogP contribution < -0.4 is 9.47 Å². The summed E-state index contributed by atoms with van der Waals surface area (Å²) in [7, 11) is 1.53. The summed E-state index contributed by atoms with van der Waals surface area (Å²) in [6, 6.07) is 14.7. The molecule has 0 amide bonds. The fourth-order valence-corrected chi connectivity index (χ4v) is 2.93. The van der Waals surface area contributed by atoms with Crippen molar-refractivity contribution >= 4 is 5.69 Å². The SMILES string of the molecule is COc1ccc([N+](=O)[O-])cc1OC1CCN(Cc2ccccc2)C1. The van der Waals surface area contributed by atoms with Crippen LogP contribution in [0.1, 0.15) is 12.0 Å². The van der Waals surface area contributed by atoms with E-state index in [-0.39, 0.29) is 11.8 Å². The number of nitro benzene ring substituents is 1. The van der Waals surface area contributed by atoms with Crippen molar-refractivity contribution < 1.29 is 14.4 Å². The molecule has 0 spiro atoms. The second kappa shape index (κ2) is 7.31. The summed E-state index contributed by atoms with van der Waals surface area (Å²) < 4.78 is 11.2. The lowest BCUT2D eigenvalue weighted by molar-refractivity contribution is -0.385. The van der Waals surface area contributed by atoms with Crippen LogP contribution in [-0.2, 0) is 6.54 Å². The van der Waals surface area contributed by atoms with Gasteiger partial charge in [0, 0.05) is 25.7 Å². The van der Waals surface area contributed by atoms with Gasteiger partial charge in [0.2, 0.25) is 0 Å². The largest absolute Gasteiger partial charge is 0.493 e. The number of non-ortho nitro benzene ring substituents is 1. The topological polar surface area (TPSA) is 64.8 Å². The monoisotopic (exact) mass is 328 g/mol. The highest BCUT2D eigenvalue weighted by Gasteiger charge is 2.25. The number of rotatable bonds is 6. The Hall–Kier alpha value is -2.60. The molecule has 0 N–H and O–H groups in total. The van der Waals surface area contributed by atoms with Crippen LogP contribution in [0.4, 0.5) is 5.69 Å². The van der Waals surface area contributed by atoms with Crippen molar-refractivity contribution in [1.29, 1.82) is 0 Å². The maximum absolute atomic E-state index is 10.9. The fourth-order valence-electron chi connectivity index (χ4n) is 2.93. The molecule has 24 heavy (non-hydrogen) atoms. The van der Waals surface area contributed by atoms with Gasteiger partial charge in [-0.05, 0) is 18.1 Å². The molecule has 0 saturated carbocycles. The molecule has 6 heteroatoms. The molecule has 0 bridgehead atoms. The van der Waals surface area contributed by atoms with Gasteiger partial charge < -0.3 is 9.47 Å². The van der Waals surface area contributed by atoms with E-state index in [1.54, 1.807) is 6.07 Å². The third-order valence-corrected chi connectivity index (χ3v) is 4.13. The second-order valence-electron chi connectivity index (χ2n) is 5.84. The lowest BCUT2D eigenvalue weighted by Crippen LogP contribution is -2.24. The molecule has 0 radical (unpaired) electrons. The van der Waals surface area contributed by atoms with Crippen molar-refractivity contribution in [3.05, 3.63) is 64.2 Å². The molecule has 126 valence electrons. The molecule has 0 aromatic heterocycles. The van der Waals surface area contributed by atoms with Gasteiger partial charge in [-0.2, -0.15) is 0 Å². The Kier molecular flexibility index (Phi) is 4.96. The predicted octanol–water partition coefficient (Wildman–Crippen LogP) is 3.26. The van der Waals surface area contributed by atoms with Gasteiger partial charge in [-0.1, -0.05) is 30.3 Å². The normalized spacial score (nSPS) is 17.6. The van der Waals surface area contributed by atoms with Crippen molar-refractivity contribution in [1.82, 2.24) is 4.90 Å². The van der Waals surface area contributed by atoms with Crippen LogP contribution >= 0.6 is 0 Å². The van der Waals surface area contributed by atoms with Crippen molar-refractivity contribution in [2.75, 3.05) is 20.2 Å². The first-order valence-electron chi connectivity index (χ1n) is 7.91. The average molecular weight is 328 g/mol. The van der Waals surface area contributed by atoms with Crippen LogP contribution in [0.3, 0.4) is 0 Å². The van der Waals surface area contributed by atoms with Crippen LogP contribution in [0.2, 0.25) is 0 Å². The van der Waals surface area contributed by atoms with Crippen LogP contribution in [0.25, 0.3) is 0 Å². The van der Waals surface area contributed by atoms with Crippen molar-refractivity contribution in [3.8, 4) is 11.5 Å². The third-order valence-electron chi connectivity index (χ3n) is 4.13. The summed E-state index contributed by atoms with van der Waals surface area (Å²) in [4.78, 5) is 12.8. The minimum Gasteiger partial charge on any atom is -0.493 e. The highest BCUT2D eigenvalue weighted by Crippen LogP contribution is 2.33. The number of benzene rings is 2. The first-order valence-corrected chi connectivity index (χ1v) is 7.91. The second-order valence-corrected chi connectivity index (χ2v) is 5.84. The van der Waals surface area contributed by atoms with Gasteiger partial charge in [-0.3, -0.25) is 15.0 Å². The number of nitrogens with zero attached hydrogens (tertiary/aromatic N) is 2. The van der Waals surface area contributed by atoms with Crippen LogP contribution in [0.15, 0.2) is 48.5 Å². The molecule has 1 unspecified atom stereocenters. The Balaban J connectivity index is 1.65. The van der Waals surface area contributed by atoms with Gasteiger partial charge >= 0.3 is 0 Å². The zero-order valence-corrected chi connectivity index (χ0v) is 13.6. The molecule has 2 aromatic rings. The zero-order chi connectivity index (χ0) is 16.9. The molecule has 1 atom stereocenters. The third kappa shape index (κ3) is 3.83. The predicted molar refractivity (Wildman–Crippen MR) is 90.4 cm³/mol. The Morgan fingerprint density at radius 2 is 2.00 bits per heavy atom. The molecule has 1 saturated heterocycles. The van der Waals surface area contributed by atoms with Gasteiger partial charge in [0.05, 0.1) is 18.1 Å². The average Bonchev–Trinajstić information content (AvgIpc) is 3.02. The minimum absolute atomic E-state index is 0.00427. The van der Waals surface area contributed by atoms with E-state index < -0.39 is 4.92 Å². The number of ether oxygens (including phenoxy) is 2. The molecule has 0 aliphatic carbocycles. The smallest absolute Gasteiger partial charge is 0.273 e. The van der Waals surface area contributed by atoms with Crippen molar-refractivity contribution in [2.24, 2.45) is 0 Å². The molecule has 2 aromatic carbocycles. The highest BCUT2D eigenvalue weighted by molar-refractivity contribution is 5.48. The quantitative estimate of drug-likeness (QED) is 0.601. The number of likely N-dealkylation sites (tertiary alicyclic amines) is 1. The number of nitro groups is 1. The lowest BCUT2D eigenvalue weighted by Gasteiger charge is -2.18. The maximum atomic E-state index is 10.9. The van der Waals surface area contributed by atoms with Gasteiger partial charge in [0.1, 0.15) is 6.10 Å². The van der Waals surface area contributed by atoms with Gasteiger partial charge in [-0.25, -0.2) is 0 Å². The zero-order valence-electron chi connectivity index (χ0n) is 13.6. The highest BCUT2D eigenvalue weighted by atomic mass is 16.6. The van der Waals surface area contributed by atoms with E-state index >= 15 is 0 Å². The van der Waals surface area contributed by atoms with Crippen molar-refractivity contribution in [3.63, 3.8) is 0 Å². The molecule has 1 fully saturated rings. The number of hydrogen-bond donors (Lipinski definition) is 0. The minimum atomic E-state index is -0.428. The molecule has 1 aliphatic rings. The molecular formula is C18H20N2O4. The van der Waals surface area contributed by atoms with Gasteiger partial charge in [0.15, 0.2) is 11.5 Å². The van der Waals surface area contributed by atoms with Crippen molar-refractivity contribution in [2.45, 2.75) is 19.1 Å².